The van der Waals surface area contributed by atoms with E-state index in [-0.39, 0.29) is 41.3 Å². The normalized spacial score (nSPS) is 15.3. The summed E-state index contributed by atoms with van der Waals surface area (Å²) in [5.74, 6) is 0. The quantitative estimate of drug-likeness (QED) is 0.617. The molecule has 2 aromatic carbocycles. The van der Waals surface area contributed by atoms with Crippen LogP contribution < -0.4 is 0 Å². The maximum Gasteiger partial charge on any atom is 0.0629 e. The summed E-state index contributed by atoms with van der Waals surface area (Å²) in [6.45, 7) is 1.80. The topological polar surface area (TPSA) is 0 Å². The minimum atomic E-state index is 0.0124. The van der Waals surface area contributed by atoms with Gasteiger partial charge in [-0.1, -0.05) is 60.0 Å². The molecular formula is C13H12. The number of aryl methyl sites for hydroxylation is 1. The predicted molar refractivity (Wildman–Crippen MR) is 56.6 cm³/mol. The van der Waals surface area contributed by atoms with Gasteiger partial charge >= 0.3 is 0 Å². The van der Waals surface area contributed by atoms with Gasteiger partial charge in [0.2, 0.25) is 0 Å². The van der Waals surface area contributed by atoms with Gasteiger partial charge in [0, 0.05) is 0 Å². The van der Waals surface area contributed by atoms with E-state index in [1.807, 2.05) is 0 Å². The lowest BCUT2D eigenvalue weighted by atomic mass is 10.0. The second-order valence-corrected chi connectivity index (χ2v) is 2.82. The summed E-state index contributed by atoms with van der Waals surface area (Å²) in [5, 5.41) is 0. The van der Waals surface area contributed by atoms with Crippen LogP contribution in [0.15, 0.2) is 54.5 Å². The fourth-order valence-electron chi connectivity index (χ4n) is 1.06. The van der Waals surface area contributed by atoms with Gasteiger partial charge in [0.05, 0.1) is 6.85 Å². The summed E-state index contributed by atoms with van der Waals surface area (Å²) in [5.41, 5.74) is 1.35. The average Bonchev–Trinajstić information content (AvgIpc) is 2.20. The van der Waals surface area contributed by atoms with Crippen molar-refractivity contribution < 1.29 is 6.85 Å². The highest BCUT2D eigenvalue weighted by Gasteiger charge is 1.93. The highest BCUT2D eigenvalue weighted by molar-refractivity contribution is 5.63. The largest absolute Gasteiger partial charge is 0.0629 e. The molecule has 0 heteroatoms. The van der Waals surface area contributed by atoms with Gasteiger partial charge in [-0.3, -0.25) is 0 Å². The van der Waals surface area contributed by atoms with E-state index < -0.39 is 0 Å². The molecular weight excluding hydrogens is 156 g/mol. The Morgan fingerprint density at radius 2 is 1.46 bits per heavy atom. The molecule has 2 aromatic rings. The molecule has 0 amide bonds. The Labute approximate surface area is 85.9 Å². The first-order valence-corrected chi connectivity index (χ1v) is 4.06. The van der Waals surface area contributed by atoms with E-state index in [0.29, 0.717) is 0 Å². The summed E-state index contributed by atoms with van der Waals surface area (Å²) in [6.07, 6.45) is 0. The van der Waals surface area contributed by atoms with Crippen LogP contribution in [0.25, 0.3) is 11.1 Å². The average molecular weight is 173 g/mol. The first kappa shape index (κ1) is 4.10. The van der Waals surface area contributed by atoms with Gasteiger partial charge in [-0.05, 0) is 18.1 Å². The molecule has 0 saturated carbocycles. The zero-order chi connectivity index (χ0) is 13.4. The fraction of sp³-hybridized carbons (Fsp3) is 0.0769. The molecule has 0 saturated heterocycles. The molecule has 0 heterocycles. The van der Waals surface area contributed by atoms with Crippen LogP contribution in [0.2, 0.25) is 0 Å². The van der Waals surface area contributed by atoms with Gasteiger partial charge in [-0.15, -0.1) is 0 Å². The summed E-state index contributed by atoms with van der Waals surface area (Å²) in [7, 11) is 0. The molecule has 0 aliphatic carbocycles. The summed E-state index contributed by atoms with van der Waals surface area (Å²) in [6, 6.07) is 6.27. The Morgan fingerprint density at radius 1 is 0.923 bits per heavy atom. The zero-order valence-corrected chi connectivity index (χ0v) is 7.31. The Morgan fingerprint density at radius 3 is 2.08 bits per heavy atom. The molecule has 0 aromatic heterocycles. The van der Waals surface area contributed by atoms with E-state index in [1.54, 1.807) is 19.1 Å². The van der Waals surface area contributed by atoms with Crippen LogP contribution in [0.3, 0.4) is 0 Å². The van der Waals surface area contributed by atoms with E-state index in [9.17, 15) is 0 Å². The van der Waals surface area contributed by atoms with Crippen LogP contribution in [0.1, 0.15) is 12.4 Å². The van der Waals surface area contributed by atoms with Crippen LogP contribution >= 0.6 is 0 Å². The van der Waals surface area contributed by atoms with Crippen molar-refractivity contribution >= 4 is 0 Å². The third kappa shape index (κ3) is 1.78. The van der Waals surface area contributed by atoms with Gasteiger partial charge in [-0.2, -0.15) is 0 Å². The van der Waals surface area contributed by atoms with E-state index in [1.165, 1.54) is 12.1 Å². The molecule has 64 valence electrons. The van der Waals surface area contributed by atoms with Crippen LogP contribution in [0.4, 0.5) is 0 Å². The van der Waals surface area contributed by atoms with Gasteiger partial charge in [0.1, 0.15) is 0 Å². The van der Waals surface area contributed by atoms with Crippen molar-refractivity contribution in [3.05, 3.63) is 60.0 Å². The number of hydrogen-bond acceptors (Lipinski definition) is 0. The predicted octanol–water partition coefficient (Wildman–Crippen LogP) is 3.66. The molecule has 0 spiro atoms. The first-order chi connectivity index (χ1) is 8.40. The van der Waals surface area contributed by atoms with Gasteiger partial charge < -0.3 is 0 Å². The Hall–Kier alpha value is -1.56. The number of hydrogen-bond donors (Lipinski definition) is 0. The molecule has 0 bridgehead atoms. The van der Waals surface area contributed by atoms with E-state index in [4.69, 9.17) is 6.85 Å². The van der Waals surface area contributed by atoms with Gasteiger partial charge in [-0.25, -0.2) is 0 Å². The molecule has 0 atom stereocenters. The highest BCUT2D eigenvalue weighted by atomic mass is 14.0. The van der Waals surface area contributed by atoms with Gasteiger partial charge in [0.15, 0.2) is 0 Å². The van der Waals surface area contributed by atoms with E-state index >= 15 is 0 Å². The lowest BCUT2D eigenvalue weighted by Crippen LogP contribution is -1.76. The van der Waals surface area contributed by atoms with Crippen LogP contribution in [-0.2, 0) is 0 Å². The number of benzene rings is 2. The smallest absolute Gasteiger partial charge is 0.0622 e. The molecule has 0 radical (unpaired) electrons. The molecule has 0 nitrogen and oxygen atoms in total. The third-order valence-corrected chi connectivity index (χ3v) is 1.74. The van der Waals surface area contributed by atoms with E-state index in [0.717, 1.165) is 5.56 Å². The third-order valence-electron chi connectivity index (χ3n) is 1.74. The standard InChI is InChI=1S/C13H12/c1-11-7-9-13(10-8-11)12-5-3-2-4-6-12/h2-10H,1H3/i2D,5D,6D,9D,10D. The Balaban J connectivity index is 2.78. The van der Waals surface area contributed by atoms with Crippen molar-refractivity contribution in [2.45, 2.75) is 6.92 Å². The minimum Gasteiger partial charge on any atom is -0.0622 e. The lowest BCUT2D eigenvalue weighted by molar-refractivity contribution is 1.47. The second-order valence-electron chi connectivity index (χ2n) is 2.82. The molecule has 13 heavy (non-hydrogen) atoms. The van der Waals surface area contributed by atoms with Crippen molar-refractivity contribution in [2.24, 2.45) is 0 Å². The van der Waals surface area contributed by atoms with Crippen LogP contribution in [0.5, 0.6) is 0 Å². The van der Waals surface area contributed by atoms with Crippen LogP contribution in [0, 0.1) is 6.92 Å². The Bertz CT molecular complexity index is 517. The lowest BCUT2D eigenvalue weighted by Gasteiger charge is -2.00. The van der Waals surface area contributed by atoms with Crippen molar-refractivity contribution in [1.82, 2.24) is 0 Å². The van der Waals surface area contributed by atoms with Crippen molar-refractivity contribution in [1.29, 1.82) is 0 Å². The molecule has 0 aliphatic heterocycles. The van der Waals surface area contributed by atoms with Crippen molar-refractivity contribution in [2.75, 3.05) is 0 Å². The summed E-state index contributed by atoms with van der Waals surface area (Å²) < 4.78 is 38.9. The Kier molecular flexibility index (Phi) is 1.09. The maximum atomic E-state index is 7.90. The van der Waals surface area contributed by atoms with Crippen molar-refractivity contribution in [3.63, 3.8) is 0 Å². The molecule has 2 rings (SSSR count). The SMILES string of the molecule is [2H]c1cc([2H])c(-c2c([2H])cc(C)cc2[2H])c([2H])c1. The van der Waals surface area contributed by atoms with Crippen molar-refractivity contribution in [3.8, 4) is 11.1 Å². The molecule has 0 fully saturated rings. The first-order valence-electron chi connectivity index (χ1n) is 6.56. The minimum absolute atomic E-state index is 0.0124. The summed E-state index contributed by atoms with van der Waals surface area (Å²) >= 11 is 0. The molecule has 0 N–H and O–H groups in total. The maximum absolute atomic E-state index is 7.90. The number of rotatable bonds is 1. The fourth-order valence-corrected chi connectivity index (χ4v) is 1.06. The highest BCUT2D eigenvalue weighted by Crippen LogP contribution is 2.18. The zero-order valence-electron chi connectivity index (χ0n) is 12.3. The molecule has 0 aliphatic rings. The monoisotopic (exact) mass is 173 g/mol. The van der Waals surface area contributed by atoms with Crippen LogP contribution in [-0.4, -0.2) is 0 Å². The van der Waals surface area contributed by atoms with E-state index in [2.05, 4.69) is 0 Å². The van der Waals surface area contributed by atoms with Gasteiger partial charge in [0.25, 0.3) is 0 Å². The summed E-state index contributed by atoms with van der Waals surface area (Å²) in [4.78, 5) is 0. The second kappa shape index (κ2) is 3.44. The molecule has 0 unspecified atom stereocenters.